The number of aryl methyl sites for hydroxylation is 2. The van der Waals surface area contributed by atoms with Gasteiger partial charge in [-0.25, -0.2) is 0 Å². The summed E-state index contributed by atoms with van der Waals surface area (Å²) in [6.45, 7) is 4.04. The molecule has 0 saturated carbocycles. The van der Waals surface area contributed by atoms with Crippen LogP contribution in [0.25, 0.3) is 6.08 Å². The summed E-state index contributed by atoms with van der Waals surface area (Å²) in [6, 6.07) is 17.9. The van der Waals surface area contributed by atoms with Crippen molar-refractivity contribution in [2.75, 3.05) is 12.4 Å². The number of benzene rings is 3. The maximum atomic E-state index is 12.8. The maximum Gasteiger partial charge on any atom is 0.266 e. The van der Waals surface area contributed by atoms with Crippen molar-refractivity contribution in [3.63, 3.8) is 0 Å². The van der Waals surface area contributed by atoms with Gasteiger partial charge in [-0.3, -0.25) is 4.79 Å². The molecule has 0 aromatic heterocycles. The Labute approximate surface area is 203 Å². The van der Waals surface area contributed by atoms with Gasteiger partial charge in [-0.2, -0.15) is 5.26 Å². The minimum atomic E-state index is -0.507. The number of halogens is 2. The number of carbonyl (C=O) groups excluding carboxylic acids is 1. The summed E-state index contributed by atoms with van der Waals surface area (Å²) in [5, 5.41) is 13.4. The molecule has 0 aliphatic heterocycles. The van der Waals surface area contributed by atoms with E-state index in [4.69, 9.17) is 32.7 Å². The Balaban J connectivity index is 1.88. The van der Waals surface area contributed by atoms with Crippen molar-refractivity contribution in [3.05, 3.63) is 92.5 Å². The molecule has 0 aliphatic rings. The topological polar surface area (TPSA) is 71.3 Å². The van der Waals surface area contributed by atoms with E-state index in [0.29, 0.717) is 32.8 Å². The number of hydrogen-bond donors (Lipinski definition) is 1. The summed E-state index contributed by atoms with van der Waals surface area (Å²) >= 11 is 12.2. The van der Waals surface area contributed by atoms with Gasteiger partial charge in [0, 0.05) is 32.9 Å². The predicted octanol–water partition coefficient (Wildman–Crippen LogP) is 6.74. The molecule has 1 amide bonds. The van der Waals surface area contributed by atoms with E-state index in [9.17, 15) is 10.1 Å². The van der Waals surface area contributed by atoms with Crippen molar-refractivity contribution >= 4 is 40.9 Å². The van der Waals surface area contributed by atoms with Gasteiger partial charge in [0.05, 0.1) is 7.11 Å². The number of amides is 1. The molecule has 3 aromatic carbocycles. The molecular formula is C26H22Cl2N2O3. The predicted molar refractivity (Wildman–Crippen MR) is 132 cm³/mol. The summed E-state index contributed by atoms with van der Waals surface area (Å²) in [5.41, 5.74) is 3.88. The molecule has 0 saturated heterocycles. The van der Waals surface area contributed by atoms with E-state index in [-0.39, 0.29) is 12.2 Å². The lowest BCUT2D eigenvalue weighted by atomic mass is 10.1. The highest BCUT2D eigenvalue weighted by molar-refractivity contribution is 6.35. The van der Waals surface area contributed by atoms with Crippen LogP contribution in [0.2, 0.25) is 10.0 Å². The van der Waals surface area contributed by atoms with E-state index in [2.05, 4.69) is 5.32 Å². The fourth-order valence-corrected chi connectivity index (χ4v) is 3.59. The van der Waals surface area contributed by atoms with Crippen LogP contribution in [0.15, 0.2) is 60.2 Å². The van der Waals surface area contributed by atoms with Gasteiger partial charge >= 0.3 is 0 Å². The summed E-state index contributed by atoms with van der Waals surface area (Å²) < 4.78 is 11.3. The molecule has 0 atom stereocenters. The third-order valence-electron chi connectivity index (χ3n) is 4.91. The highest BCUT2D eigenvalue weighted by Crippen LogP contribution is 2.29. The van der Waals surface area contributed by atoms with Crippen molar-refractivity contribution in [3.8, 4) is 17.6 Å². The second-order valence-corrected chi connectivity index (χ2v) is 8.21. The number of rotatable bonds is 7. The van der Waals surface area contributed by atoms with Crippen molar-refractivity contribution in [2.24, 2.45) is 0 Å². The first kappa shape index (κ1) is 24.2. The highest BCUT2D eigenvalue weighted by atomic mass is 35.5. The van der Waals surface area contributed by atoms with E-state index in [0.717, 1.165) is 16.7 Å². The van der Waals surface area contributed by atoms with Crippen LogP contribution >= 0.6 is 23.2 Å². The number of nitriles is 1. The normalized spacial score (nSPS) is 11.0. The summed E-state index contributed by atoms with van der Waals surface area (Å²) in [6.07, 6.45) is 1.48. The molecule has 0 heterocycles. The van der Waals surface area contributed by atoms with Crippen LogP contribution in [0.5, 0.6) is 11.5 Å². The van der Waals surface area contributed by atoms with Crippen molar-refractivity contribution in [1.29, 1.82) is 5.26 Å². The quantitative estimate of drug-likeness (QED) is 0.300. The number of hydrogen-bond acceptors (Lipinski definition) is 4. The van der Waals surface area contributed by atoms with Gasteiger partial charge in [-0.1, -0.05) is 47.0 Å². The van der Waals surface area contributed by atoms with Crippen LogP contribution in [-0.2, 0) is 11.4 Å². The molecular weight excluding hydrogens is 459 g/mol. The Bertz CT molecular complexity index is 1260. The molecule has 33 heavy (non-hydrogen) atoms. The smallest absolute Gasteiger partial charge is 0.266 e. The molecule has 0 unspecified atom stereocenters. The molecule has 168 valence electrons. The lowest BCUT2D eigenvalue weighted by Gasteiger charge is -2.13. The fourth-order valence-electron chi connectivity index (χ4n) is 3.13. The number of anilines is 1. The van der Waals surface area contributed by atoms with Gasteiger partial charge in [0.1, 0.15) is 29.7 Å². The largest absolute Gasteiger partial charge is 0.497 e. The van der Waals surface area contributed by atoms with Crippen molar-refractivity contribution in [2.45, 2.75) is 20.5 Å². The molecule has 3 rings (SSSR count). The number of nitrogens with one attached hydrogen (secondary N) is 1. The van der Waals surface area contributed by atoms with Crippen LogP contribution in [0, 0.1) is 25.2 Å². The lowest BCUT2D eigenvalue weighted by Crippen LogP contribution is -2.14. The van der Waals surface area contributed by atoms with Gasteiger partial charge in [0.25, 0.3) is 5.91 Å². The summed E-state index contributed by atoms with van der Waals surface area (Å²) in [4.78, 5) is 12.8. The first-order valence-corrected chi connectivity index (χ1v) is 10.8. The molecule has 7 heteroatoms. The third kappa shape index (κ3) is 6.29. The zero-order chi connectivity index (χ0) is 24.0. The van der Waals surface area contributed by atoms with Crippen LogP contribution in [0.4, 0.5) is 5.69 Å². The Morgan fingerprint density at radius 1 is 1.09 bits per heavy atom. The standard InChI is InChI=1S/C26H22Cl2N2O3/c1-16-4-9-24(17(2)10-16)30-26(31)20(14-29)11-18-6-8-22(32-3)13-25(18)33-15-19-5-7-21(27)12-23(19)28/h4-13H,15H2,1-3H3,(H,30,31)/b20-11+. The second kappa shape index (κ2) is 10.9. The van der Waals surface area contributed by atoms with Crippen molar-refractivity contribution < 1.29 is 14.3 Å². The van der Waals surface area contributed by atoms with E-state index in [1.54, 1.807) is 43.5 Å². The van der Waals surface area contributed by atoms with Gasteiger partial charge in [-0.05, 0) is 55.8 Å². The van der Waals surface area contributed by atoms with E-state index >= 15 is 0 Å². The molecule has 0 bridgehead atoms. The number of nitrogens with zero attached hydrogens (tertiary/aromatic N) is 1. The first-order valence-electron chi connectivity index (χ1n) is 10.1. The van der Waals surface area contributed by atoms with Crippen LogP contribution in [0.1, 0.15) is 22.3 Å². The van der Waals surface area contributed by atoms with Gasteiger partial charge in [0.15, 0.2) is 0 Å². The Morgan fingerprint density at radius 2 is 1.88 bits per heavy atom. The zero-order valence-corrected chi connectivity index (χ0v) is 19.9. The van der Waals surface area contributed by atoms with Crippen molar-refractivity contribution in [1.82, 2.24) is 0 Å². The molecule has 5 nitrogen and oxygen atoms in total. The molecule has 0 aliphatic carbocycles. The lowest BCUT2D eigenvalue weighted by molar-refractivity contribution is -0.112. The van der Waals surface area contributed by atoms with Gasteiger partial charge in [0.2, 0.25) is 0 Å². The molecule has 1 N–H and O–H groups in total. The third-order valence-corrected chi connectivity index (χ3v) is 5.50. The highest BCUT2D eigenvalue weighted by Gasteiger charge is 2.14. The van der Waals surface area contributed by atoms with Crippen LogP contribution in [0.3, 0.4) is 0 Å². The fraction of sp³-hybridized carbons (Fsp3) is 0.154. The monoisotopic (exact) mass is 480 g/mol. The summed E-state index contributed by atoms with van der Waals surface area (Å²) in [5.74, 6) is 0.502. The Kier molecular flexibility index (Phi) is 8.00. The number of carbonyl (C=O) groups is 1. The first-order chi connectivity index (χ1) is 15.8. The average molecular weight is 481 g/mol. The molecule has 0 radical (unpaired) electrons. The summed E-state index contributed by atoms with van der Waals surface area (Å²) in [7, 11) is 1.54. The van der Waals surface area contributed by atoms with Gasteiger partial charge < -0.3 is 14.8 Å². The molecule has 0 fully saturated rings. The average Bonchev–Trinajstić information content (AvgIpc) is 2.79. The molecule has 3 aromatic rings. The number of ether oxygens (including phenoxy) is 2. The second-order valence-electron chi connectivity index (χ2n) is 7.37. The van der Waals surface area contributed by atoms with E-state index < -0.39 is 5.91 Å². The van der Waals surface area contributed by atoms with Crippen LogP contribution in [-0.4, -0.2) is 13.0 Å². The minimum Gasteiger partial charge on any atom is -0.497 e. The van der Waals surface area contributed by atoms with E-state index in [1.165, 1.54) is 6.08 Å². The van der Waals surface area contributed by atoms with E-state index in [1.807, 2.05) is 38.1 Å². The minimum absolute atomic E-state index is 0.0606. The Hall–Kier alpha value is -3.46. The zero-order valence-electron chi connectivity index (χ0n) is 18.4. The molecule has 0 spiro atoms. The number of methoxy groups -OCH3 is 1. The SMILES string of the molecule is COc1ccc(/C=C(\C#N)C(=O)Nc2ccc(C)cc2C)c(OCc2ccc(Cl)cc2Cl)c1. The van der Waals surface area contributed by atoms with Gasteiger partial charge in [-0.15, -0.1) is 0 Å². The van der Waals surface area contributed by atoms with Crippen LogP contribution < -0.4 is 14.8 Å². The maximum absolute atomic E-state index is 12.8. The Morgan fingerprint density at radius 3 is 2.55 bits per heavy atom.